The molecule has 2 aliphatic rings. The third-order valence-electron chi connectivity index (χ3n) is 4.10. The second-order valence-corrected chi connectivity index (χ2v) is 5.97. The highest BCUT2D eigenvalue weighted by atomic mass is 15.3. The van der Waals surface area contributed by atoms with Crippen molar-refractivity contribution in [3.63, 3.8) is 0 Å². The Morgan fingerprint density at radius 2 is 2.15 bits per heavy atom. The van der Waals surface area contributed by atoms with Gasteiger partial charge in [-0.05, 0) is 38.9 Å². The first-order valence-corrected chi connectivity index (χ1v) is 7.85. The molecule has 0 bridgehead atoms. The van der Waals surface area contributed by atoms with E-state index in [0.29, 0.717) is 5.92 Å². The highest BCUT2D eigenvalue weighted by Crippen LogP contribution is 2.19. The topological polar surface area (TPSA) is 56.9 Å². The Morgan fingerprint density at radius 3 is 2.90 bits per heavy atom. The summed E-state index contributed by atoms with van der Waals surface area (Å²) in [4.78, 5) is 9.91. The molecule has 0 amide bonds. The fraction of sp³-hybridized carbons (Fsp3) is 0.800. The predicted octanol–water partition coefficient (Wildman–Crippen LogP) is 1.19. The molecule has 0 radical (unpaired) electrons. The molecule has 0 spiro atoms. The van der Waals surface area contributed by atoms with Gasteiger partial charge >= 0.3 is 0 Å². The third kappa shape index (κ3) is 3.96. The van der Waals surface area contributed by atoms with Crippen LogP contribution >= 0.6 is 0 Å². The summed E-state index contributed by atoms with van der Waals surface area (Å²) in [6.45, 7) is 12.2. The molecule has 2 rings (SSSR count). The molecule has 2 atom stereocenters. The minimum absolute atomic E-state index is 0.213. The van der Waals surface area contributed by atoms with E-state index in [1.807, 2.05) is 6.92 Å². The van der Waals surface area contributed by atoms with Gasteiger partial charge in [0.05, 0.1) is 5.82 Å². The molecule has 20 heavy (non-hydrogen) atoms. The summed E-state index contributed by atoms with van der Waals surface area (Å²) in [7, 11) is 0. The van der Waals surface area contributed by atoms with E-state index in [0.717, 1.165) is 31.3 Å². The van der Waals surface area contributed by atoms with Gasteiger partial charge in [0.15, 0.2) is 0 Å². The summed E-state index contributed by atoms with van der Waals surface area (Å²) in [5, 5.41) is 3.14. The number of aliphatic imine (C=N–C) groups is 1. The van der Waals surface area contributed by atoms with Crippen molar-refractivity contribution >= 4 is 5.84 Å². The largest absolute Gasteiger partial charge is 0.385 e. The predicted molar refractivity (Wildman–Crippen MR) is 84.4 cm³/mol. The molecule has 114 valence electrons. The number of hydrogen-bond donors (Lipinski definition) is 2. The Morgan fingerprint density at radius 1 is 1.35 bits per heavy atom. The maximum Gasteiger partial charge on any atom is 0.110 e. The number of nitrogens with two attached hydrogens (primary N) is 1. The molecule has 2 unspecified atom stereocenters. The van der Waals surface area contributed by atoms with Gasteiger partial charge in [-0.3, -0.25) is 9.89 Å². The fourth-order valence-electron chi connectivity index (χ4n) is 3.18. The van der Waals surface area contributed by atoms with Crippen molar-refractivity contribution in [2.75, 3.05) is 32.7 Å². The van der Waals surface area contributed by atoms with Gasteiger partial charge in [0.2, 0.25) is 0 Å². The quantitative estimate of drug-likeness (QED) is 0.815. The first-order chi connectivity index (χ1) is 9.60. The number of nitrogens with zero attached hydrogens (tertiary/aromatic N) is 3. The molecule has 0 aromatic heterocycles. The minimum Gasteiger partial charge on any atom is -0.385 e. The highest BCUT2D eigenvalue weighted by Gasteiger charge is 2.26. The van der Waals surface area contributed by atoms with E-state index in [1.165, 1.54) is 25.9 Å². The molecule has 2 heterocycles. The van der Waals surface area contributed by atoms with Crippen LogP contribution in [-0.2, 0) is 0 Å². The van der Waals surface area contributed by atoms with Gasteiger partial charge in [-0.25, -0.2) is 0 Å². The molecule has 2 aliphatic heterocycles. The molecule has 0 aliphatic carbocycles. The zero-order chi connectivity index (χ0) is 14.5. The number of rotatable bonds is 3. The number of nitrogens with one attached hydrogen (secondary N) is 1. The van der Waals surface area contributed by atoms with Crippen LogP contribution in [0.4, 0.5) is 0 Å². The Hall–Kier alpha value is -1.07. The summed E-state index contributed by atoms with van der Waals surface area (Å²) < 4.78 is 0. The van der Waals surface area contributed by atoms with Gasteiger partial charge in [-0.1, -0.05) is 13.8 Å². The first kappa shape index (κ1) is 15.3. The molecule has 0 aromatic carbocycles. The van der Waals surface area contributed by atoms with E-state index >= 15 is 0 Å². The van der Waals surface area contributed by atoms with Crippen molar-refractivity contribution in [2.24, 2.45) is 16.6 Å². The Labute approximate surface area is 122 Å². The van der Waals surface area contributed by atoms with Crippen LogP contribution in [0.2, 0.25) is 0 Å². The SMILES string of the molecule is CCCN1CCCN(C2N=C(C)NC(N)=CC2C)CC1. The van der Waals surface area contributed by atoms with Crippen molar-refractivity contribution in [1.82, 2.24) is 15.1 Å². The van der Waals surface area contributed by atoms with E-state index in [9.17, 15) is 0 Å². The number of amidine groups is 1. The fourth-order valence-corrected chi connectivity index (χ4v) is 3.18. The van der Waals surface area contributed by atoms with Crippen LogP contribution in [0.25, 0.3) is 0 Å². The average Bonchev–Trinajstić information content (AvgIpc) is 2.67. The second kappa shape index (κ2) is 7.09. The molecule has 5 heteroatoms. The lowest BCUT2D eigenvalue weighted by Crippen LogP contribution is -2.41. The van der Waals surface area contributed by atoms with Crippen LogP contribution in [0.15, 0.2) is 16.9 Å². The van der Waals surface area contributed by atoms with Crippen LogP contribution in [0.3, 0.4) is 0 Å². The molecule has 3 N–H and O–H groups in total. The molecule has 0 saturated carbocycles. The Bertz CT molecular complexity index is 376. The van der Waals surface area contributed by atoms with Crippen LogP contribution in [0.5, 0.6) is 0 Å². The average molecular weight is 279 g/mol. The van der Waals surface area contributed by atoms with Crippen molar-refractivity contribution in [3.8, 4) is 0 Å². The summed E-state index contributed by atoms with van der Waals surface area (Å²) in [6.07, 6.45) is 4.77. The molecular formula is C15H29N5. The lowest BCUT2D eigenvalue weighted by Gasteiger charge is -2.30. The smallest absolute Gasteiger partial charge is 0.110 e. The van der Waals surface area contributed by atoms with E-state index in [2.05, 4.69) is 35.0 Å². The summed E-state index contributed by atoms with van der Waals surface area (Å²) >= 11 is 0. The van der Waals surface area contributed by atoms with Crippen LogP contribution < -0.4 is 11.1 Å². The second-order valence-electron chi connectivity index (χ2n) is 5.97. The molecular weight excluding hydrogens is 250 g/mol. The van der Waals surface area contributed by atoms with Crippen LogP contribution in [0, 0.1) is 5.92 Å². The molecule has 1 fully saturated rings. The number of hydrogen-bond acceptors (Lipinski definition) is 5. The molecule has 1 saturated heterocycles. The third-order valence-corrected chi connectivity index (χ3v) is 4.10. The van der Waals surface area contributed by atoms with Crippen LogP contribution in [0.1, 0.15) is 33.6 Å². The lowest BCUT2D eigenvalue weighted by atomic mass is 10.1. The Kier molecular flexibility index (Phi) is 5.43. The maximum atomic E-state index is 5.94. The lowest BCUT2D eigenvalue weighted by molar-refractivity contribution is 0.174. The standard InChI is InChI=1S/C15H29N5/c1-4-6-19-7-5-8-20(10-9-19)15-12(2)11-14(16)17-13(3)18-15/h11-12,15H,4-10,16H2,1-3H3,(H,17,18). The van der Waals surface area contributed by atoms with E-state index in [1.54, 1.807) is 0 Å². The van der Waals surface area contributed by atoms with Crippen molar-refractivity contribution in [2.45, 2.75) is 39.8 Å². The van der Waals surface area contributed by atoms with Gasteiger partial charge in [0, 0.05) is 25.6 Å². The summed E-state index contributed by atoms with van der Waals surface area (Å²) in [5.74, 6) is 1.99. The van der Waals surface area contributed by atoms with E-state index in [4.69, 9.17) is 10.7 Å². The molecule has 0 aromatic rings. The summed E-state index contributed by atoms with van der Waals surface area (Å²) in [6, 6.07) is 0. The van der Waals surface area contributed by atoms with Crippen molar-refractivity contribution in [1.29, 1.82) is 0 Å². The van der Waals surface area contributed by atoms with Gasteiger partial charge in [0.25, 0.3) is 0 Å². The van der Waals surface area contributed by atoms with Crippen LogP contribution in [-0.4, -0.2) is 54.5 Å². The van der Waals surface area contributed by atoms with Gasteiger partial charge in [-0.15, -0.1) is 0 Å². The van der Waals surface area contributed by atoms with Crippen molar-refractivity contribution in [3.05, 3.63) is 11.9 Å². The van der Waals surface area contributed by atoms with E-state index in [-0.39, 0.29) is 6.17 Å². The monoisotopic (exact) mass is 279 g/mol. The highest BCUT2D eigenvalue weighted by molar-refractivity contribution is 5.81. The van der Waals surface area contributed by atoms with Gasteiger partial charge in [-0.2, -0.15) is 0 Å². The zero-order valence-corrected chi connectivity index (χ0v) is 13.1. The Balaban J connectivity index is 2.04. The summed E-state index contributed by atoms with van der Waals surface area (Å²) in [5.41, 5.74) is 5.94. The van der Waals surface area contributed by atoms with E-state index < -0.39 is 0 Å². The molecule has 5 nitrogen and oxygen atoms in total. The van der Waals surface area contributed by atoms with Crippen molar-refractivity contribution < 1.29 is 0 Å². The van der Waals surface area contributed by atoms with Gasteiger partial charge in [0.1, 0.15) is 12.0 Å². The normalized spacial score (nSPS) is 29.9. The minimum atomic E-state index is 0.213. The maximum absolute atomic E-state index is 5.94. The first-order valence-electron chi connectivity index (χ1n) is 7.85. The zero-order valence-electron chi connectivity index (χ0n) is 13.1. The van der Waals surface area contributed by atoms with Gasteiger partial charge < -0.3 is 16.0 Å².